The summed E-state index contributed by atoms with van der Waals surface area (Å²) in [4.78, 5) is 27.5. The van der Waals surface area contributed by atoms with Crippen LogP contribution in [0.3, 0.4) is 0 Å². The van der Waals surface area contributed by atoms with E-state index in [9.17, 15) is 14.0 Å². The lowest BCUT2D eigenvalue weighted by molar-refractivity contribution is 0.0695. The summed E-state index contributed by atoms with van der Waals surface area (Å²) in [7, 11) is 0. The van der Waals surface area contributed by atoms with Gasteiger partial charge in [0.05, 0.1) is 12.0 Å². The van der Waals surface area contributed by atoms with Crippen molar-refractivity contribution in [3.05, 3.63) is 46.1 Å². The van der Waals surface area contributed by atoms with E-state index in [1.807, 2.05) is 0 Å². The fraction of sp³-hybridized carbons (Fsp3) is 0.267. The maximum absolute atomic E-state index is 14.1. The van der Waals surface area contributed by atoms with Crippen molar-refractivity contribution in [1.82, 2.24) is 9.55 Å². The van der Waals surface area contributed by atoms with Gasteiger partial charge in [-0.15, -0.1) is 0 Å². The first-order valence-electron chi connectivity index (χ1n) is 6.71. The van der Waals surface area contributed by atoms with Crippen LogP contribution < -0.4 is 5.43 Å². The first-order valence-corrected chi connectivity index (χ1v) is 6.71. The van der Waals surface area contributed by atoms with E-state index in [4.69, 9.17) is 10.2 Å². The Morgan fingerprint density at radius 3 is 2.73 bits per heavy atom. The number of halogens is 1. The third-order valence-corrected chi connectivity index (χ3v) is 3.65. The summed E-state index contributed by atoms with van der Waals surface area (Å²) in [5, 5.41) is 18.1. The molecular weight excluding hydrogens is 291 g/mol. The quantitative estimate of drug-likeness (QED) is 0.894. The Labute approximate surface area is 124 Å². The van der Waals surface area contributed by atoms with Crippen LogP contribution in [0.1, 0.15) is 34.9 Å². The van der Waals surface area contributed by atoms with E-state index in [0.717, 1.165) is 18.9 Å². The molecule has 2 aromatic heterocycles. The summed E-state index contributed by atoms with van der Waals surface area (Å²) in [6.07, 6.45) is 2.93. The predicted molar refractivity (Wildman–Crippen MR) is 77.3 cm³/mol. The van der Waals surface area contributed by atoms with E-state index in [1.165, 1.54) is 6.20 Å². The van der Waals surface area contributed by atoms with Gasteiger partial charge in [-0.05, 0) is 24.5 Å². The Morgan fingerprint density at radius 2 is 2.18 bits per heavy atom. The first kappa shape index (κ1) is 14.4. The minimum atomic E-state index is -1.36. The smallest absolute Gasteiger partial charge is 0.341 e. The standard InChI is InChI=1S/C15H13FN2O4/c1-7(6-19)12-11(16)4-9-13(20)10(15(21)22)5-18(8-2-3-8)14(9)17-12/h4-5,8,19H,1-3,6H2,(H,21,22). The lowest BCUT2D eigenvalue weighted by Gasteiger charge is -2.12. The highest BCUT2D eigenvalue weighted by molar-refractivity contribution is 5.92. The zero-order valence-corrected chi connectivity index (χ0v) is 11.5. The van der Waals surface area contributed by atoms with Crippen molar-refractivity contribution in [3.63, 3.8) is 0 Å². The second-order valence-electron chi connectivity index (χ2n) is 5.27. The van der Waals surface area contributed by atoms with Crippen LogP contribution in [-0.2, 0) is 0 Å². The van der Waals surface area contributed by atoms with Crippen LogP contribution in [0.2, 0.25) is 0 Å². The summed E-state index contributed by atoms with van der Waals surface area (Å²) >= 11 is 0. The molecule has 0 aliphatic heterocycles. The molecule has 2 heterocycles. The normalized spacial score (nSPS) is 14.3. The van der Waals surface area contributed by atoms with Gasteiger partial charge in [0.15, 0.2) is 0 Å². The van der Waals surface area contributed by atoms with Crippen molar-refractivity contribution in [2.24, 2.45) is 0 Å². The number of hydrogen-bond acceptors (Lipinski definition) is 4. The molecule has 6 nitrogen and oxygen atoms in total. The molecule has 2 aromatic rings. The van der Waals surface area contributed by atoms with Crippen LogP contribution in [0, 0.1) is 5.82 Å². The molecule has 1 aliphatic rings. The van der Waals surface area contributed by atoms with E-state index < -0.39 is 29.4 Å². The molecule has 114 valence electrons. The van der Waals surface area contributed by atoms with Crippen molar-refractivity contribution in [1.29, 1.82) is 0 Å². The number of aliphatic hydroxyl groups is 1. The van der Waals surface area contributed by atoms with Crippen LogP contribution in [0.5, 0.6) is 0 Å². The zero-order chi connectivity index (χ0) is 16.0. The largest absolute Gasteiger partial charge is 0.477 e. The van der Waals surface area contributed by atoms with Crippen molar-refractivity contribution >= 4 is 22.6 Å². The highest BCUT2D eigenvalue weighted by Gasteiger charge is 2.28. The number of rotatable bonds is 4. The molecule has 7 heteroatoms. The van der Waals surface area contributed by atoms with Crippen LogP contribution in [0.4, 0.5) is 4.39 Å². The summed E-state index contributed by atoms with van der Waals surface area (Å²) in [5.41, 5.74) is -0.992. The molecule has 0 bridgehead atoms. The van der Waals surface area contributed by atoms with Gasteiger partial charge in [-0.2, -0.15) is 0 Å². The number of carboxylic acid groups (broad SMARTS) is 1. The topological polar surface area (TPSA) is 92.4 Å². The van der Waals surface area contributed by atoms with E-state index in [-0.39, 0.29) is 28.3 Å². The highest BCUT2D eigenvalue weighted by Crippen LogP contribution is 2.36. The third-order valence-electron chi connectivity index (χ3n) is 3.65. The molecule has 0 saturated heterocycles. The molecule has 0 unspecified atom stereocenters. The Hall–Kier alpha value is -2.54. The number of aliphatic hydroxyl groups excluding tert-OH is 1. The highest BCUT2D eigenvalue weighted by atomic mass is 19.1. The van der Waals surface area contributed by atoms with Crippen molar-refractivity contribution in [3.8, 4) is 0 Å². The molecule has 0 radical (unpaired) electrons. The number of fused-ring (bicyclic) bond motifs is 1. The van der Waals surface area contributed by atoms with Gasteiger partial charge in [0.1, 0.15) is 22.7 Å². The summed E-state index contributed by atoms with van der Waals surface area (Å²) in [6, 6.07) is 1.01. The second-order valence-corrected chi connectivity index (χ2v) is 5.27. The van der Waals surface area contributed by atoms with Crippen molar-refractivity contribution in [2.75, 3.05) is 6.61 Å². The van der Waals surface area contributed by atoms with Gasteiger partial charge < -0.3 is 14.8 Å². The molecule has 0 atom stereocenters. The summed E-state index contributed by atoms with van der Waals surface area (Å²) < 4.78 is 15.7. The van der Waals surface area contributed by atoms with Crippen LogP contribution in [-0.4, -0.2) is 32.3 Å². The van der Waals surface area contributed by atoms with E-state index in [0.29, 0.717) is 0 Å². The van der Waals surface area contributed by atoms with Gasteiger partial charge in [0.2, 0.25) is 5.43 Å². The Kier molecular flexibility index (Phi) is 3.29. The minimum absolute atomic E-state index is 0.0504. The molecular formula is C15H13FN2O4. The SMILES string of the molecule is C=C(CO)c1nc2c(cc1F)c(=O)c(C(=O)O)cn2C1CC1. The monoisotopic (exact) mass is 304 g/mol. The van der Waals surface area contributed by atoms with Gasteiger partial charge in [-0.3, -0.25) is 4.79 Å². The summed E-state index contributed by atoms with van der Waals surface area (Å²) in [5.74, 6) is -2.17. The maximum Gasteiger partial charge on any atom is 0.341 e. The molecule has 1 aliphatic carbocycles. The zero-order valence-electron chi connectivity index (χ0n) is 11.5. The van der Waals surface area contributed by atoms with Crippen LogP contribution >= 0.6 is 0 Å². The van der Waals surface area contributed by atoms with E-state index in [1.54, 1.807) is 4.57 Å². The number of aromatic nitrogens is 2. The number of carbonyl (C=O) groups is 1. The lowest BCUT2D eigenvalue weighted by Crippen LogP contribution is -2.20. The number of carboxylic acids is 1. The first-order chi connectivity index (χ1) is 10.4. The van der Waals surface area contributed by atoms with Crippen molar-refractivity contribution < 1.29 is 19.4 Å². The van der Waals surface area contributed by atoms with Crippen molar-refractivity contribution in [2.45, 2.75) is 18.9 Å². The number of aromatic carboxylic acids is 1. The van der Waals surface area contributed by atoms with E-state index >= 15 is 0 Å². The average molecular weight is 304 g/mol. The fourth-order valence-electron chi connectivity index (χ4n) is 2.35. The predicted octanol–water partition coefficient (Wildman–Crippen LogP) is 1.57. The lowest BCUT2D eigenvalue weighted by atomic mass is 10.1. The molecule has 3 rings (SSSR count). The second kappa shape index (κ2) is 5.03. The molecule has 0 aromatic carbocycles. The van der Waals surface area contributed by atoms with Gasteiger partial charge in [0.25, 0.3) is 0 Å². The third kappa shape index (κ3) is 2.19. The van der Waals surface area contributed by atoms with Gasteiger partial charge in [0, 0.05) is 12.2 Å². The number of pyridine rings is 2. The molecule has 1 fully saturated rings. The average Bonchev–Trinajstić information content (AvgIpc) is 3.31. The molecule has 0 spiro atoms. The van der Waals surface area contributed by atoms with Gasteiger partial charge in [-0.1, -0.05) is 6.58 Å². The van der Waals surface area contributed by atoms with Gasteiger partial charge >= 0.3 is 5.97 Å². The molecule has 22 heavy (non-hydrogen) atoms. The Morgan fingerprint density at radius 1 is 1.50 bits per heavy atom. The van der Waals surface area contributed by atoms with Gasteiger partial charge in [-0.25, -0.2) is 14.2 Å². The fourth-order valence-corrected chi connectivity index (χ4v) is 2.35. The molecule has 1 saturated carbocycles. The maximum atomic E-state index is 14.1. The minimum Gasteiger partial charge on any atom is -0.477 e. The number of nitrogens with zero attached hydrogens (tertiary/aromatic N) is 2. The van der Waals surface area contributed by atoms with E-state index in [2.05, 4.69) is 11.6 Å². The summed E-state index contributed by atoms with van der Waals surface area (Å²) in [6.45, 7) is 3.07. The Balaban J connectivity index is 2.39. The van der Waals surface area contributed by atoms with Crippen LogP contribution in [0.25, 0.3) is 16.6 Å². The molecule has 2 N–H and O–H groups in total. The number of hydrogen-bond donors (Lipinski definition) is 2. The molecule has 0 amide bonds. The Bertz CT molecular complexity index is 868. The van der Waals surface area contributed by atoms with Crippen LogP contribution in [0.15, 0.2) is 23.6 Å².